The summed E-state index contributed by atoms with van der Waals surface area (Å²) in [7, 11) is 0. The van der Waals surface area contributed by atoms with Gasteiger partial charge in [0.2, 0.25) is 0 Å². The highest BCUT2D eigenvalue weighted by Gasteiger charge is 2.08. The van der Waals surface area contributed by atoms with Crippen LogP contribution in [-0.2, 0) is 0 Å². The third kappa shape index (κ3) is 4.29. The maximum absolute atomic E-state index is 12.1. The average molecular weight is 227 g/mol. The monoisotopic (exact) mass is 227 g/mol. The number of anilines is 1. The minimum Gasteiger partial charge on any atom is -0.433 e. The smallest absolute Gasteiger partial charge is 0.387 e. The fourth-order valence-corrected chi connectivity index (χ4v) is 1.22. The molecule has 1 N–H and O–H groups in total. The quantitative estimate of drug-likeness (QED) is 0.749. The number of hydrogen-bond donors (Lipinski definition) is 1. The molecule has 0 aliphatic rings. The van der Waals surface area contributed by atoms with E-state index >= 15 is 0 Å². The molecular weight excluding hydrogens is 212 g/mol. The van der Waals surface area contributed by atoms with Crippen LogP contribution in [0.25, 0.3) is 0 Å². The number of rotatable bonds is 6. The lowest BCUT2D eigenvalue weighted by molar-refractivity contribution is -0.0493. The first-order valence-corrected chi connectivity index (χ1v) is 5.01. The second-order valence-electron chi connectivity index (χ2n) is 3.51. The molecule has 0 amide bonds. The number of nitrogens with one attached hydrogen (secondary N) is 1. The molecule has 0 saturated heterocycles. The topological polar surface area (TPSA) is 21.3 Å². The third-order valence-corrected chi connectivity index (χ3v) is 1.97. The predicted molar refractivity (Wildman–Crippen MR) is 61.0 cm³/mol. The number of hydrogen-bond acceptors (Lipinski definition) is 2. The Morgan fingerprint density at radius 3 is 2.75 bits per heavy atom. The van der Waals surface area contributed by atoms with Gasteiger partial charge >= 0.3 is 6.61 Å². The van der Waals surface area contributed by atoms with Crippen LogP contribution in [0.3, 0.4) is 0 Å². The Labute approximate surface area is 93.9 Å². The lowest BCUT2D eigenvalue weighted by Crippen LogP contribution is -2.07. The summed E-state index contributed by atoms with van der Waals surface area (Å²) in [4.78, 5) is 0. The normalized spacial score (nSPS) is 10.2. The molecule has 4 heteroatoms. The summed E-state index contributed by atoms with van der Waals surface area (Å²) in [6.45, 7) is 3.54. The van der Waals surface area contributed by atoms with Crippen molar-refractivity contribution in [3.63, 3.8) is 0 Å². The Kier molecular flexibility index (Phi) is 4.76. The van der Waals surface area contributed by atoms with Gasteiger partial charge in [-0.05, 0) is 25.5 Å². The summed E-state index contributed by atoms with van der Waals surface area (Å²) >= 11 is 0. The van der Waals surface area contributed by atoms with Crippen LogP contribution in [-0.4, -0.2) is 13.2 Å². The largest absolute Gasteiger partial charge is 0.433 e. The van der Waals surface area contributed by atoms with Gasteiger partial charge in [-0.3, -0.25) is 0 Å². The van der Waals surface area contributed by atoms with Gasteiger partial charge in [0.15, 0.2) is 0 Å². The molecule has 1 aromatic rings. The first-order chi connectivity index (χ1) is 7.59. The third-order valence-electron chi connectivity index (χ3n) is 1.97. The maximum Gasteiger partial charge on any atom is 0.387 e. The van der Waals surface area contributed by atoms with E-state index in [4.69, 9.17) is 0 Å². The summed E-state index contributed by atoms with van der Waals surface area (Å²) in [5.74, 6) is 0.166. The lowest BCUT2D eigenvalue weighted by atomic mass is 10.2. The standard InChI is InChI=1S/C12H15F2NO/c1-9(2)7-8-15-10-5-3-4-6-11(10)16-12(13)14/h3-6,12,15H,1,7-8H2,2H3. The molecule has 0 unspecified atom stereocenters. The van der Waals surface area contributed by atoms with Gasteiger partial charge in [0, 0.05) is 6.54 Å². The highest BCUT2D eigenvalue weighted by molar-refractivity contribution is 5.56. The minimum atomic E-state index is -2.80. The first-order valence-electron chi connectivity index (χ1n) is 5.01. The molecule has 2 nitrogen and oxygen atoms in total. The highest BCUT2D eigenvalue weighted by atomic mass is 19.3. The number of alkyl halides is 2. The van der Waals surface area contributed by atoms with E-state index in [9.17, 15) is 8.78 Å². The Bertz CT molecular complexity index is 353. The zero-order chi connectivity index (χ0) is 12.0. The molecule has 0 radical (unpaired) electrons. The molecule has 0 bridgehead atoms. The first kappa shape index (κ1) is 12.5. The van der Waals surface area contributed by atoms with Crippen LogP contribution in [0.4, 0.5) is 14.5 Å². The molecule has 0 aliphatic heterocycles. The van der Waals surface area contributed by atoms with Gasteiger partial charge in [-0.2, -0.15) is 8.78 Å². The van der Waals surface area contributed by atoms with Gasteiger partial charge in [0.1, 0.15) is 5.75 Å². The SMILES string of the molecule is C=C(C)CCNc1ccccc1OC(F)F. The molecule has 0 saturated carbocycles. The van der Waals surface area contributed by atoms with Gasteiger partial charge in [-0.15, -0.1) is 6.58 Å². The van der Waals surface area contributed by atoms with E-state index in [2.05, 4.69) is 16.6 Å². The second kappa shape index (κ2) is 6.10. The van der Waals surface area contributed by atoms with Crippen molar-refractivity contribution in [1.82, 2.24) is 0 Å². The fourth-order valence-electron chi connectivity index (χ4n) is 1.22. The summed E-state index contributed by atoms with van der Waals surface area (Å²) in [5.41, 5.74) is 1.61. The van der Waals surface area contributed by atoms with E-state index < -0.39 is 6.61 Å². The number of ether oxygens (including phenoxy) is 1. The van der Waals surface area contributed by atoms with Crippen molar-refractivity contribution < 1.29 is 13.5 Å². The Balaban J connectivity index is 2.60. The van der Waals surface area contributed by atoms with Crippen molar-refractivity contribution in [2.24, 2.45) is 0 Å². The molecule has 0 atom stereocenters. The molecule has 16 heavy (non-hydrogen) atoms. The maximum atomic E-state index is 12.1. The van der Waals surface area contributed by atoms with E-state index in [-0.39, 0.29) is 5.75 Å². The molecule has 0 aromatic heterocycles. The Morgan fingerprint density at radius 2 is 2.12 bits per heavy atom. The molecule has 0 aliphatic carbocycles. The van der Waals surface area contributed by atoms with Gasteiger partial charge in [-0.25, -0.2) is 0 Å². The van der Waals surface area contributed by atoms with Crippen LogP contribution >= 0.6 is 0 Å². The predicted octanol–water partition coefficient (Wildman–Crippen LogP) is 3.67. The van der Waals surface area contributed by atoms with Crippen LogP contribution in [0, 0.1) is 0 Å². The summed E-state index contributed by atoms with van der Waals surface area (Å²) in [6, 6.07) is 6.63. The summed E-state index contributed by atoms with van der Waals surface area (Å²) < 4.78 is 28.6. The van der Waals surface area contributed by atoms with Crippen molar-refractivity contribution in [1.29, 1.82) is 0 Å². The number of para-hydroxylation sites is 2. The van der Waals surface area contributed by atoms with Crippen molar-refractivity contribution in [2.45, 2.75) is 20.0 Å². The van der Waals surface area contributed by atoms with E-state index in [1.165, 1.54) is 6.07 Å². The molecule has 1 aromatic carbocycles. The van der Waals surface area contributed by atoms with Crippen molar-refractivity contribution in [3.8, 4) is 5.75 Å². The van der Waals surface area contributed by atoms with E-state index in [0.29, 0.717) is 12.2 Å². The zero-order valence-corrected chi connectivity index (χ0v) is 9.17. The van der Waals surface area contributed by atoms with Crippen LogP contribution in [0.2, 0.25) is 0 Å². The second-order valence-corrected chi connectivity index (χ2v) is 3.51. The van der Waals surface area contributed by atoms with Gasteiger partial charge in [-0.1, -0.05) is 17.7 Å². The molecule has 0 heterocycles. The molecule has 0 spiro atoms. The molecule has 88 valence electrons. The van der Waals surface area contributed by atoms with Crippen molar-refractivity contribution in [2.75, 3.05) is 11.9 Å². The van der Waals surface area contributed by atoms with Gasteiger partial charge in [0.05, 0.1) is 5.69 Å². The van der Waals surface area contributed by atoms with E-state index in [1.807, 2.05) is 6.92 Å². The fraction of sp³-hybridized carbons (Fsp3) is 0.333. The number of benzene rings is 1. The molecule has 0 fully saturated rings. The van der Waals surface area contributed by atoms with Crippen molar-refractivity contribution >= 4 is 5.69 Å². The Hall–Kier alpha value is -1.58. The van der Waals surface area contributed by atoms with E-state index in [0.717, 1.165) is 12.0 Å². The van der Waals surface area contributed by atoms with Crippen LogP contribution in [0.1, 0.15) is 13.3 Å². The average Bonchev–Trinajstić information content (AvgIpc) is 2.19. The van der Waals surface area contributed by atoms with Gasteiger partial charge < -0.3 is 10.1 Å². The summed E-state index contributed by atoms with van der Waals surface area (Å²) in [5, 5.41) is 3.03. The molecular formula is C12H15F2NO. The van der Waals surface area contributed by atoms with Crippen molar-refractivity contribution in [3.05, 3.63) is 36.4 Å². The highest BCUT2D eigenvalue weighted by Crippen LogP contribution is 2.25. The zero-order valence-electron chi connectivity index (χ0n) is 9.17. The number of halogens is 2. The minimum absolute atomic E-state index is 0.166. The van der Waals surface area contributed by atoms with Crippen LogP contribution < -0.4 is 10.1 Å². The van der Waals surface area contributed by atoms with Gasteiger partial charge in [0.25, 0.3) is 0 Å². The van der Waals surface area contributed by atoms with Crippen LogP contribution in [0.5, 0.6) is 5.75 Å². The summed E-state index contributed by atoms with van der Waals surface area (Å²) in [6.07, 6.45) is 0.795. The van der Waals surface area contributed by atoms with Crippen LogP contribution in [0.15, 0.2) is 36.4 Å². The lowest BCUT2D eigenvalue weighted by Gasteiger charge is -2.12. The Morgan fingerprint density at radius 1 is 1.44 bits per heavy atom. The molecule has 1 rings (SSSR count). The van der Waals surface area contributed by atoms with E-state index in [1.54, 1.807) is 18.2 Å².